The third kappa shape index (κ3) is 4.81. The normalized spacial score (nSPS) is 13.7. The molecular formula is C20H33N5O. The fourth-order valence-corrected chi connectivity index (χ4v) is 2.67. The van der Waals surface area contributed by atoms with Crippen LogP contribution < -0.4 is 5.32 Å². The molecule has 0 aliphatic heterocycles. The molecule has 6 heteroatoms. The molecule has 0 saturated carbocycles. The van der Waals surface area contributed by atoms with Gasteiger partial charge < -0.3 is 10.1 Å². The number of aromatic nitrogens is 4. The average Bonchev–Trinajstić information content (AvgIpc) is 2.88. The van der Waals surface area contributed by atoms with Gasteiger partial charge in [-0.25, -0.2) is 9.97 Å². The Kier molecular flexibility index (Phi) is 5.76. The Hall–Kier alpha value is -1.95. The van der Waals surface area contributed by atoms with Crippen molar-refractivity contribution in [3.63, 3.8) is 0 Å². The molecule has 144 valence electrons. The molecule has 0 aromatic carbocycles. The number of anilines is 1. The molecule has 0 radical (unpaired) electrons. The predicted octanol–water partition coefficient (Wildman–Crippen LogP) is 4.35. The van der Waals surface area contributed by atoms with Gasteiger partial charge in [0.05, 0.1) is 29.6 Å². The molecule has 1 atom stereocenters. The number of hydrogen-bond donors (Lipinski definition) is 1. The average molecular weight is 360 g/mol. The molecule has 0 aliphatic rings. The van der Waals surface area contributed by atoms with Crippen molar-refractivity contribution in [1.82, 2.24) is 19.7 Å². The second-order valence-electron chi connectivity index (χ2n) is 8.90. The van der Waals surface area contributed by atoms with Crippen LogP contribution in [-0.2, 0) is 22.3 Å². The minimum atomic E-state index is -0.129. The van der Waals surface area contributed by atoms with Gasteiger partial charge in [0.2, 0.25) is 0 Å². The molecular weight excluding hydrogens is 326 g/mol. The molecule has 2 aromatic rings. The summed E-state index contributed by atoms with van der Waals surface area (Å²) < 4.78 is 7.29. The monoisotopic (exact) mass is 359 g/mol. The fraction of sp³-hybridized carbons (Fsp3) is 0.650. The third-order valence-electron chi connectivity index (χ3n) is 4.20. The zero-order chi connectivity index (χ0) is 19.7. The van der Waals surface area contributed by atoms with Crippen LogP contribution in [0.1, 0.15) is 77.3 Å². The number of nitrogens with one attached hydrogen (secondary N) is 1. The van der Waals surface area contributed by atoms with Gasteiger partial charge in [0, 0.05) is 30.4 Å². The van der Waals surface area contributed by atoms with E-state index in [-0.39, 0.29) is 17.0 Å². The molecule has 6 nitrogen and oxygen atoms in total. The molecule has 2 rings (SSSR count). The van der Waals surface area contributed by atoms with Crippen molar-refractivity contribution in [2.45, 2.75) is 79.0 Å². The van der Waals surface area contributed by atoms with Gasteiger partial charge in [-0.1, -0.05) is 20.8 Å². The van der Waals surface area contributed by atoms with Crippen LogP contribution in [0.3, 0.4) is 0 Å². The van der Waals surface area contributed by atoms with Crippen LogP contribution in [0.25, 0.3) is 0 Å². The van der Waals surface area contributed by atoms with Gasteiger partial charge in [-0.2, -0.15) is 5.10 Å². The van der Waals surface area contributed by atoms with Crippen molar-refractivity contribution in [2.24, 2.45) is 0 Å². The Morgan fingerprint density at radius 1 is 1.15 bits per heavy atom. The van der Waals surface area contributed by atoms with Crippen LogP contribution in [0.5, 0.6) is 0 Å². The lowest BCUT2D eigenvalue weighted by Crippen LogP contribution is -2.22. The topological polar surface area (TPSA) is 64.9 Å². The predicted molar refractivity (Wildman–Crippen MR) is 105 cm³/mol. The van der Waals surface area contributed by atoms with Crippen LogP contribution >= 0.6 is 0 Å². The van der Waals surface area contributed by atoms with E-state index in [0.29, 0.717) is 6.61 Å². The smallest absolute Gasteiger partial charge is 0.136 e. The molecule has 0 fully saturated rings. The van der Waals surface area contributed by atoms with Gasteiger partial charge in [-0.15, -0.1) is 0 Å². The molecule has 1 N–H and O–H groups in total. The Balaban J connectivity index is 2.32. The van der Waals surface area contributed by atoms with Crippen LogP contribution in [0.2, 0.25) is 0 Å². The minimum absolute atomic E-state index is 0.0390. The van der Waals surface area contributed by atoms with E-state index >= 15 is 0 Å². The maximum Gasteiger partial charge on any atom is 0.136 e. The fourth-order valence-electron chi connectivity index (χ4n) is 2.67. The molecule has 2 heterocycles. The van der Waals surface area contributed by atoms with Crippen molar-refractivity contribution in [2.75, 3.05) is 12.4 Å². The molecule has 0 spiro atoms. The first-order valence-electron chi connectivity index (χ1n) is 9.12. The van der Waals surface area contributed by atoms with Crippen molar-refractivity contribution in [1.29, 1.82) is 0 Å². The maximum absolute atomic E-state index is 5.27. The molecule has 0 amide bonds. The summed E-state index contributed by atoms with van der Waals surface area (Å²) in [6.45, 7) is 17.4. The van der Waals surface area contributed by atoms with E-state index in [1.165, 1.54) is 5.56 Å². The summed E-state index contributed by atoms with van der Waals surface area (Å²) in [6, 6.07) is 2.04. The van der Waals surface area contributed by atoms with Crippen molar-refractivity contribution in [3.05, 3.63) is 35.0 Å². The third-order valence-corrected chi connectivity index (χ3v) is 4.20. The Morgan fingerprint density at radius 3 is 2.31 bits per heavy atom. The minimum Gasteiger partial charge on any atom is -0.378 e. The Morgan fingerprint density at radius 2 is 1.81 bits per heavy atom. The highest BCUT2D eigenvalue weighted by molar-refractivity contribution is 5.40. The van der Waals surface area contributed by atoms with Gasteiger partial charge in [-0.3, -0.25) is 4.68 Å². The molecule has 1 unspecified atom stereocenters. The van der Waals surface area contributed by atoms with Gasteiger partial charge >= 0.3 is 0 Å². The summed E-state index contributed by atoms with van der Waals surface area (Å²) in [6.07, 6.45) is 2.12. The SMILES string of the molecule is COCc1cc(NC(C)c2cn(C(C)(C)C)nc2C)nc(C(C)(C)C)n1. The zero-order valence-corrected chi connectivity index (χ0v) is 17.6. The van der Waals surface area contributed by atoms with Gasteiger partial charge in [0.1, 0.15) is 11.6 Å². The van der Waals surface area contributed by atoms with E-state index < -0.39 is 0 Å². The van der Waals surface area contributed by atoms with Crippen LogP contribution in [0.4, 0.5) is 5.82 Å². The number of hydrogen-bond acceptors (Lipinski definition) is 5. The van der Waals surface area contributed by atoms with Crippen molar-refractivity contribution >= 4 is 5.82 Å². The summed E-state index contributed by atoms with van der Waals surface area (Å²) >= 11 is 0. The van der Waals surface area contributed by atoms with E-state index in [9.17, 15) is 0 Å². The summed E-state index contributed by atoms with van der Waals surface area (Å²) in [4.78, 5) is 9.37. The van der Waals surface area contributed by atoms with Gasteiger partial charge in [-0.05, 0) is 34.6 Å². The van der Waals surface area contributed by atoms with Crippen LogP contribution in [-0.4, -0.2) is 26.9 Å². The first-order chi connectivity index (χ1) is 11.9. The number of nitrogens with zero attached hydrogens (tertiary/aromatic N) is 4. The highest BCUT2D eigenvalue weighted by atomic mass is 16.5. The standard InChI is InChI=1S/C20H33N5O/c1-13(16-11-25(20(6,7)8)24-14(16)2)21-17-10-15(12-26-9)22-18(23-17)19(3,4)5/h10-11,13H,12H2,1-9H3,(H,21,22,23). The lowest BCUT2D eigenvalue weighted by molar-refractivity contribution is 0.181. The summed E-state index contributed by atoms with van der Waals surface area (Å²) in [7, 11) is 1.68. The van der Waals surface area contributed by atoms with E-state index in [0.717, 1.165) is 23.0 Å². The lowest BCUT2D eigenvalue weighted by Gasteiger charge is -2.21. The quantitative estimate of drug-likeness (QED) is 0.859. The molecule has 0 aliphatic carbocycles. The number of rotatable bonds is 5. The van der Waals surface area contributed by atoms with E-state index in [2.05, 4.69) is 70.1 Å². The summed E-state index contributed by atoms with van der Waals surface area (Å²) in [5.74, 6) is 1.62. The first kappa shape index (κ1) is 20.4. The number of methoxy groups -OCH3 is 1. The van der Waals surface area contributed by atoms with Crippen LogP contribution in [0, 0.1) is 6.92 Å². The summed E-state index contributed by atoms with van der Waals surface area (Å²) in [5, 5.41) is 8.19. The Bertz CT molecular complexity index is 753. The lowest BCUT2D eigenvalue weighted by atomic mass is 9.95. The van der Waals surface area contributed by atoms with Gasteiger partial charge in [0.25, 0.3) is 0 Å². The summed E-state index contributed by atoms with van der Waals surface area (Å²) in [5.41, 5.74) is 2.91. The van der Waals surface area contributed by atoms with Gasteiger partial charge in [0.15, 0.2) is 0 Å². The number of aryl methyl sites for hydroxylation is 1. The maximum atomic E-state index is 5.27. The molecule has 0 bridgehead atoms. The Labute approximate surface area is 157 Å². The second kappa shape index (κ2) is 7.35. The molecule has 2 aromatic heterocycles. The van der Waals surface area contributed by atoms with Crippen molar-refractivity contribution < 1.29 is 4.74 Å². The van der Waals surface area contributed by atoms with E-state index in [1.54, 1.807) is 7.11 Å². The van der Waals surface area contributed by atoms with Crippen LogP contribution in [0.15, 0.2) is 12.3 Å². The second-order valence-corrected chi connectivity index (χ2v) is 8.90. The highest BCUT2D eigenvalue weighted by Gasteiger charge is 2.22. The van der Waals surface area contributed by atoms with E-state index in [1.807, 2.05) is 17.7 Å². The largest absolute Gasteiger partial charge is 0.378 e. The zero-order valence-electron chi connectivity index (χ0n) is 17.6. The molecule has 26 heavy (non-hydrogen) atoms. The number of ether oxygens (including phenoxy) is 1. The molecule has 0 saturated heterocycles. The highest BCUT2D eigenvalue weighted by Crippen LogP contribution is 2.26. The first-order valence-corrected chi connectivity index (χ1v) is 9.12. The van der Waals surface area contributed by atoms with Crippen molar-refractivity contribution in [3.8, 4) is 0 Å². The van der Waals surface area contributed by atoms with E-state index in [4.69, 9.17) is 9.72 Å².